The highest BCUT2D eigenvalue weighted by Crippen LogP contribution is 2.27. The van der Waals surface area contributed by atoms with Crippen LogP contribution in [0.15, 0.2) is 64.9 Å². The van der Waals surface area contributed by atoms with E-state index in [9.17, 15) is 23.3 Å². The molecular formula is C21H21N3O6S2. The van der Waals surface area contributed by atoms with Crippen LogP contribution in [0.25, 0.3) is 0 Å². The van der Waals surface area contributed by atoms with Gasteiger partial charge in [-0.15, -0.1) is 11.3 Å². The minimum Gasteiger partial charge on any atom is -0.488 e. The highest BCUT2D eigenvalue weighted by atomic mass is 32.2. The zero-order valence-corrected chi connectivity index (χ0v) is 18.7. The third-order valence-corrected chi connectivity index (χ3v) is 6.34. The number of hydrogen-bond donors (Lipinski definition) is 2. The van der Waals surface area contributed by atoms with Crippen LogP contribution in [0.3, 0.4) is 0 Å². The number of nitro benzene ring substituents is 1. The Morgan fingerprint density at radius 3 is 2.62 bits per heavy atom. The highest BCUT2D eigenvalue weighted by Gasteiger charge is 2.18. The third kappa shape index (κ3) is 6.28. The number of rotatable bonds is 10. The molecule has 0 aliphatic heterocycles. The number of nitro groups is 1. The van der Waals surface area contributed by atoms with Crippen molar-refractivity contribution < 1.29 is 22.9 Å². The number of hydrogen-bond acceptors (Lipinski definition) is 8. The first kappa shape index (κ1) is 23.2. The first-order chi connectivity index (χ1) is 15.2. The van der Waals surface area contributed by atoms with Crippen molar-refractivity contribution in [2.24, 2.45) is 0 Å². The van der Waals surface area contributed by atoms with Crippen molar-refractivity contribution in [2.75, 3.05) is 24.7 Å². The van der Waals surface area contributed by atoms with Crippen molar-refractivity contribution in [1.82, 2.24) is 5.32 Å². The number of nitrogens with zero attached hydrogens (tertiary/aromatic N) is 1. The standard InChI is InChI=1S/C21H21N3O6S2/c1-32(28,29)18-7-8-19(20(13-18)24(26)27)22-9-10-23-21(25)15-4-2-5-16(12-15)30-14-17-6-3-11-31-17/h2-8,11-13,22H,9-10,14H2,1H3,(H,23,25). The Hall–Kier alpha value is -3.44. The summed E-state index contributed by atoms with van der Waals surface area (Å²) in [5, 5.41) is 18.8. The second-order valence-corrected chi connectivity index (χ2v) is 9.83. The van der Waals surface area contributed by atoms with Crippen molar-refractivity contribution >= 4 is 38.5 Å². The van der Waals surface area contributed by atoms with Crippen LogP contribution >= 0.6 is 11.3 Å². The summed E-state index contributed by atoms with van der Waals surface area (Å²) < 4.78 is 28.9. The molecule has 168 valence electrons. The molecule has 11 heteroatoms. The normalized spacial score (nSPS) is 11.0. The fourth-order valence-corrected chi connectivity index (χ4v) is 4.05. The van der Waals surface area contributed by atoms with Gasteiger partial charge in [0.15, 0.2) is 9.84 Å². The molecule has 0 atom stereocenters. The summed E-state index contributed by atoms with van der Waals surface area (Å²) in [6, 6.07) is 14.4. The molecule has 0 fully saturated rings. The number of benzene rings is 2. The fraction of sp³-hybridized carbons (Fsp3) is 0.190. The summed E-state index contributed by atoms with van der Waals surface area (Å²) in [6.45, 7) is 0.826. The summed E-state index contributed by atoms with van der Waals surface area (Å²) >= 11 is 1.59. The highest BCUT2D eigenvalue weighted by molar-refractivity contribution is 7.90. The second-order valence-electron chi connectivity index (χ2n) is 6.79. The summed E-state index contributed by atoms with van der Waals surface area (Å²) in [5.41, 5.74) is 0.243. The van der Waals surface area contributed by atoms with E-state index in [0.29, 0.717) is 17.9 Å². The van der Waals surface area contributed by atoms with E-state index < -0.39 is 14.8 Å². The fourth-order valence-electron chi connectivity index (χ4n) is 2.79. The molecule has 3 aromatic rings. The van der Waals surface area contributed by atoms with Gasteiger partial charge < -0.3 is 15.4 Å². The molecule has 3 rings (SSSR count). The summed E-state index contributed by atoms with van der Waals surface area (Å²) in [4.78, 5) is 24.0. The number of ether oxygens (including phenoxy) is 1. The Morgan fingerprint density at radius 1 is 1.12 bits per heavy atom. The number of carbonyl (C=O) groups is 1. The van der Waals surface area contributed by atoms with Crippen LogP contribution in [0.5, 0.6) is 5.75 Å². The van der Waals surface area contributed by atoms with E-state index in [1.807, 2.05) is 17.5 Å². The molecule has 0 bridgehead atoms. The maximum atomic E-state index is 12.4. The molecule has 2 N–H and O–H groups in total. The summed E-state index contributed by atoms with van der Waals surface area (Å²) in [6.07, 6.45) is 0.983. The van der Waals surface area contributed by atoms with Gasteiger partial charge in [0.05, 0.1) is 9.82 Å². The minimum atomic E-state index is -3.56. The van der Waals surface area contributed by atoms with E-state index in [2.05, 4.69) is 10.6 Å². The van der Waals surface area contributed by atoms with Crippen molar-refractivity contribution in [3.63, 3.8) is 0 Å². The summed E-state index contributed by atoms with van der Waals surface area (Å²) in [5.74, 6) is 0.265. The van der Waals surface area contributed by atoms with Crippen molar-refractivity contribution in [2.45, 2.75) is 11.5 Å². The quantitative estimate of drug-likeness (QED) is 0.261. The number of amides is 1. The smallest absolute Gasteiger partial charge is 0.293 e. The van der Waals surface area contributed by atoms with Crippen LogP contribution < -0.4 is 15.4 Å². The van der Waals surface area contributed by atoms with Gasteiger partial charge in [0.25, 0.3) is 11.6 Å². The van der Waals surface area contributed by atoms with E-state index in [0.717, 1.165) is 17.2 Å². The van der Waals surface area contributed by atoms with Crippen LogP contribution in [0.2, 0.25) is 0 Å². The Labute approximate surface area is 189 Å². The van der Waals surface area contributed by atoms with Gasteiger partial charge in [-0.2, -0.15) is 0 Å². The molecule has 0 aliphatic rings. The lowest BCUT2D eigenvalue weighted by Crippen LogP contribution is -2.28. The van der Waals surface area contributed by atoms with E-state index in [-0.39, 0.29) is 35.3 Å². The van der Waals surface area contributed by atoms with E-state index in [1.165, 1.54) is 12.1 Å². The number of nitrogens with one attached hydrogen (secondary N) is 2. The molecule has 2 aromatic carbocycles. The first-order valence-corrected chi connectivity index (χ1v) is 12.3. The molecule has 9 nitrogen and oxygen atoms in total. The van der Waals surface area contributed by atoms with Crippen molar-refractivity contribution in [3.05, 3.63) is 80.5 Å². The molecule has 0 spiro atoms. The monoisotopic (exact) mass is 475 g/mol. The molecule has 0 saturated carbocycles. The second kappa shape index (κ2) is 10.2. The average molecular weight is 476 g/mol. The first-order valence-electron chi connectivity index (χ1n) is 9.50. The van der Waals surface area contributed by atoms with Gasteiger partial charge in [0.2, 0.25) is 0 Å². The maximum Gasteiger partial charge on any atom is 0.293 e. The van der Waals surface area contributed by atoms with Crippen LogP contribution in [0, 0.1) is 10.1 Å². The largest absolute Gasteiger partial charge is 0.488 e. The predicted molar refractivity (Wildman–Crippen MR) is 122 cm³/mol. The van der Waals surface area contributed by atoms with Crippen LogP contribution in [-0.4, -0.2) is 38.6 Å². The topological polar surface area (TPSA) is 128 Å². The number of thiophene rings is 1. The lowest BCUT2D eigenvalue weighted by atomic mass is 10.2. The van der Waals surface area contributed by atoms with E-state index in [1.54, 1.807) is 35.6 Å². The number of carbonyl (C=O) groups excluding carboxylic acids is 1. The molecule has 32 heavy (non-hydrogen) atoms. The van der Waals surface area contributed by atoms with Crippen LogP contribution in [0.1, 0.15) is 15.2 Å². The van der Waals surface area contributed by atoms with Crippen LogP contribution in [0.4, 0.5) is 11.4 Å². The van der Waals surface area contributed by atoms with Gasteiger partial charge in [-0.25, -0.2) is 8.42 Å². The van der Waals surface area contributed by atoms with Crippen LogP contribution in [-0.2, 0) is 16.4 Å². The lowest BCUT2D eigenvalue weighted by Gasteiger charge is -2.10. The zero-order valence-electron chi connectivity index (χ0n) is 17.1. The maximum absolute atomic E-state index is 12.4. The van der Waals surface area contributed by atoms with Gasteiger partial charge in [0.1, 0.15) is 18.0 Å². The molecule has 0 aliphatic carbocycles. The Balaban J connectivity index is 1.54. The minimum absolute atomic E-state index is 0.135. The SMILES string of the molecule is CS(=O)(=O)c1ccc(NCCNC(=O)c2cccc(OCc3cccs3)c2)c([N+](=O)[O-])c1. The molecule has 0 unspecified atom stereocenters. The number of sulfone groups is 1. The summed E-state index contributed by atoms with van der Waals surface area (Å²) in [7, 11) is -3.56. The molecule has 1 heterocycles. The Kier molecular flexibility index (Phi) is 7.44. The Morgan fingerprint density at radius 2 is 1.94 bits per heavy atom. The molecule has 1 amide bonds. The average Bonchev–Trinajstić information content (AvgIpc) is 3.28. The predicted octanol–water partition coefficient (Wildman–Crippen LogP) is 3.48. The molecule has 0 saturated heterocycles. The zero-order chi connectivity index (χ0) is 23.1. The van der Waals surface area contributed by atoms with Gasteiger partial charge in [-0.05, 0) is 41.8 Å². The van der Waals surface area contributed by atoms with E-state index in [4.69, 9.17) is 4.74 Å². The Bertz CT molecular complexity index is 1210. The van der Waals surface area contributed by atoms with Gasteiger partial charge in [-0.1, -0.05) is 12.1 Å². The molecular weight excluding hydrogens is 454 g/mol. The van der Waals surface area contributed by atoms with E-state index >= 15 is 0 Å². The van der Waals surface area contributed by atoms with Gasteiger partial charge in [0, 0.05) is 35.9 Å². The van der Waals surface area contributed by atoms with Crippen molar-refractivity contribution in [1.29, 1.82) is 0 Å². The van der Waals surface area contributed by atoms with Crippen molar-refractivity contribution in [3.8, 4) is 5.75 Å². The van der Waals surface area contributed by atoms with Gasteiger partial charge in [-0.3, -0.25) is 14.9 Å². The third-order valence-electron chi connectivity index (χ3n) is 4.38. The molecule has 0 radical (unpaired) electrons. The van der Waals surface area contributed by atoms with Gasteiger partial charge >= 0.3 is 0 Å². The number of anilines is 1. The molecule has 1 aromatic heterocycles. The lowest BCUT2D eigenvalue weighted by molar-refractivity contribution is -0.384.